The molecule has 2 nitrogen and oxygen atoms in total. The number of aromatic nitrogens is 1. The zero-order valence-electron chi connectivity index (χ0n) is 35.2. The average Bonchev–Trinajstić information content (AvgIpc) is 3.24. The maximum atomic E-state index is 14.2. The Morgan fingerprint density at radius 3 is 0.808 bits per heavy atom. The molecular weight excluding hydrogens is 1060 g/mol. The lowest BCUT2D eigenvalue weighted by molar-refractivity contribution is -0.683. The van der Waals surface area contributed by atoms with Gasteiger partial charge in [0, 0.05) is 17.7 Å². The van der Waals surface area contributed by atoms with E-state index in [0.717, 1.165) is 0 Å². The number of ketones is 1. The lowest BCUT2D eigenvalue weighted by Gasteiger charge is -2.46. The fourth-order valence-corrected chi connectivity index (χ4v) is 7.53. The van der Waals surface area contributed by atoms with Gasteiger partial charge in [0.2, 0.25) is 12.3 Å². The molecule has 0 spiro atoms. The van der Waals surface area contributed by atoms with Crippen LogP contribution in [0, 0.1) is 5.82 Å². The molecule has 0 amide bonds. The van der Waals surface area contributed by atoms with E-state index >= 15 is 0 Å². The number of benzene rings is 5. The maximum Gasteiger partial charge on any atom is 0.416 e. The molecule has 28 heteroatoms. The third-order valence-electron chi connectivity index (χ3n) is 10.7. The van der Waals surface area contributed by atoms with E-state index in [-0.39, 0.29) is 18.1 Å². The van der Waals surface area contributed by atoms with E-state index in [9.17, 15) is 115 Å². The van der Waals surface area contributed by atoms with E-state index in [1.54, 1.807) is 23.0 Å². The molecule has 6 aromatic rings. The highest BCUT2D eigenvalue weighted by Crippen LogP contribution is 2.41. The van der Waals surface area contributed by atoms with Crippen molar-refractivity contribution in [2.45, 2.75) is 56.0 Å². The van der Waals surface area contributed by atoms with Gasteiger partial charge < -0.3 is 0 Å². The number of halogens is 25. The van der Waals surface area contributed by atoms with Gasteiger partial charge in [-0.15, -0.1) is 0 Å². The highest BCUT2D eigenvalue weighted by atomic mass is 19.4. The van der Waals surface area contributed by atoms with E-state index in [2.05, 4.69) is 0 Å². The number of Topliss-reactive ketones (excluding diaryl/α,β-unsaturated/α-hetero) is 1. The van der Waals surface area contributed by atoms with Gasteiger partial charge in [-0.2, -0.15) is 132 Å². The fourth-order valence-electron chi connectivity index (χ4n) is 7.53. The minimum absolute atomic E-state index is 0.101. The van der Waals surface area contributed by atoms with Crippen LogP contribution in [0.15, 0.2) is 128 Å². The molecule has 1 heterocycles. The van der Waals surface area contributed by atoms with Crippen LogP contribution in [0.5, 0.6) is 0 Å². The average molecular weight is 1080 g/mol. The third-order valence-corrected chi connectivity index (χ3v) is 10.7. The summed E-state index contributed by atoms with van der Waals surface area (Å²) in [6, 6.07) is 2.50. The van der Waals surface area contributed by atoms with Gasteiger partial charge in [0.25, 0.3) is 0 Å². The molecule has 5 aromatic carbocycles. The maximum absolute atomic E-state index is 14.2. The molecule has 0 unspecified atom stereocenters. The number of nitrogens with zero attached hydrogens (tertiary/aromatic N) is 1. The summed E-state index contributed by atoms with van der Waals surface area (Å²) >= 11 is 0. The normalized spacial score (nSPS) is 13.4. The van der Waals surface area contributed by atoms with E-state index in [1.807, 2.05) is 18.2 Å². The predicted molar refractivity (Wildman–Crippen MR) is 207 cm³/mol. The molecule has 6 rings (SSSR count). The van der Waals surface area contributed by atoms with Gasteiger partial charge >= 0.3 is 49.4 Å². The summed E-state index contributed by atoms with van der Waals surface area (Å²) in [6.45, 7) is 0.226. The Kier molecular flexibility index (Phi) is 15.3. The molecule has 73 heavy (non-hydrogen) atoms. The van der Waals surface area contributed by atoms with Crippen LogP contribution in [0.4, 0.5) is 110 Å². The Labute approximate surface area is 392 Å². The van der Waals surface area contributed by atoms with Gasteiger partial charge in [0.15, 0.2) is 12.4 Å². The SMILES string of the molecule is FC(F)(F)c1cc([B-](c2cc(C(F)(F)F)cc(C(F)(F)F)c2)(c2cc(C(F)(F)F)cc(C(F)(F)F)c2)c2cc(C(F)(F)F)cc(C(F)(F)F)c2)cc(C(F)(F)F)c1.O=C(C[n+]1ccccc1)c1cccc(F)c1. The first-order valence-corrected chi connectivity index (χ1v) is 19.6. The molecule has 0 fully saturated rings. The molecule has 0 saturated carbocycles. The largest absolute Gasteiger partial charge is 0.416 e. The molecule has 0 aliphatic rings. The van der Waals surface area contributed by atoms with Crippen LogP contribution in [0.2, 0.25) is 0 Å². The molecule has 0 saturated heterocycles. The van der Waals surface area contributed by atoms with Gasteiger partial charge in [-0.1, -0.05) is 66.7 Å². The van der Waals surface area contributed by atoms with Crippen LogP contribution < -0.4 is 26.4 Å². The van der Waals surface area contributed by atoms with Crippen LogP contribution in [0.1, 0.15) is 54.9 Å². The Bertz CT molecular complexity index is 2520. The first-order chi connectivity index (χ1) is 33.0. The minimum atomic E-state index is -6.13. The lowest BCUT2D eigenvalue weighted by atomic mass is 9.12. The van der Waals surface area contributed by atoms with Gasteiger partial charge in [-0.05, 0) is 36.4 Å². The van der Waals surface area contributed by atoms with E-state index in [4.69, 9.17) is 0 Å². The van der Waals surface area contributed by atoms with Gasteiger partial charge in [0.1, 0.15) is 12.0 Å². The number of pyridine rings is 1. The minimum Gasteiger partial charge on any atom is -0.287 e. The topological polar surface area (TPSA) is 20.9 Å². The molecule has 0 atom stereocenters. The number of rotatable bonds is 7. The standard InChI is InChI=1S/C32H12BF24.C13H11FNO/c34-25(35,36)13-1-14(26(37,38)39)6-21(5-13)33(22-7-15(27(40,41)42)2-16(8-22)28(43,44)45,23-9-17(29(46,47)48)3-18(10-23)30(49,50)51)24-11-19(31(52,53)54)4-20(12-24)32(55,56)57;14-12-6-4-5-11(9-12)13(16)10-15-7-2-1-3-8-15/h1-12H;1-9H,10H2/q-1;+1. The Hall–Kier alpha value is -6.77. The van der Waals surface area contributed by atoms with Crippen molar-refractivity contribution in [1.29, 1.82) is 0 Å². The van der Waals surface area contributed by atoms with Gasteiger partial charge in [0.05, 0.1) is 44.5 Å². The van der Waals surface area contributed by atoms with Crippen molar-refractivity contribution in [1.82, 2.24) is 0 Å². The summed E-state index contributed by atoms with van der Waals surface area (Å²) in [7, 11) is 0. The summed E-state index contributed by atoms with van der Waals surface area (Å²) in [5.41, 5.74) is -29.8. The highest BCUT2D eigenvalue weighted by molar-refractivity contribution is 7.20. The fraction of sp³-hybridized carbons (Fsp3) is 0.200. The van der Waals surface area contributed by atoms with Gasteiger partial charge in [-0.25, -0.2) is 4.39 Å². The number of hydrogen-bond acceptors (Lipinski definition) is 1. The van der Waals surface area contributed by atoms with Crippen LogP contribution in [0.3, 0.4) is 0 Å². The Morgan fingerprint density at radius 2 is 0.589 bits per heavy atom. The van der Waals surface area contributed by atoms with Crippen LogP contribution in [-0.2, 0) is 56.0 Å². The van der Waals surface area contributed by atoms with Crippen molar-refractivity contribution >= 4 is 33.8 Å². The highest BCUT2D eigenvalue weighted by Gasteiger charge is 2.47. The summed E-state index contributed by atoms with van der Waals surface area (Å²) in [5.74, 6) is -0.486. The zero-order chi connectivity index (χ0) is 55.3. The summed E-state index contributed by atoms with van der Waals surface area (Å²) in [5, 5.41) is 0. The number of carbonyl (C=O) groups is 1. The lowest BCUT2D eigenvalue weighted by Crippen LogP contribution is -2.75. The number of carbonyl (C=O) groups excluding carboxylic acids is 1. The third kappa shape index (κ3) is 13.5. The molecular formula is C45H23BF25NO. The van der Waals surface area contributed by atoms with Crippen molar-refractivity contribution in [3.8, 4) is 0 Å². The second kappa shape index (κ2) is 19.6. The van der Waals surface area contributed by atoms with Crippen molar-refractivity contribution in [3.63, 3.8) is 0 Å². The molecule has 0 aliphatic carbocycles. The van der Waals surface area contributed by atoms with E-state index in [1.165, 1.54) is 18.2 Å². The Morgan fingerprint density at radius 1 is 0.342 bits per heavy atom. The molecule has 0 aliphatic heterocycles. The summed E-state index contributed by atoms with van der Waals surface area (Å²) in [4.78, 5) is 11.8. The first kappa shape index (κ1) is 57.1. The predicted octanol–water partition coefficient (Wildman–Crippen LogP) is 13.2. The number of hydrogen-bond donors (Lipinski definition) is 0. The quantitative estimate of drug-likeness (QED) is 0.0675. The zero-order valence-corrected chi connectivity index (χ0v) is 35.2. The Balaban J connectivity index is 0.000000520. The second-order valence-electron chi connectivity index (χ2n) is 15.7. The molecule has 0 bridgehead atoms. The van der Waals surface area contributed by atoms with Crippen molar-refractivity contribution in [3.05, 3.63) is 184 Å². The van der Waals surface area contributed by atoms with Gasteiger partial charge in [-0.3, -0.25) is 4.79 Å². The van der Waals surface area contributed by atoms with Crippen molar-refractivity contribution in [2.24, 2.45) is 0 Å². The van der Waals surface area contributed by atoms with Crippen molar-refractivity contribution in [2.75, 3.05) is 0 Å². The van der Waals surface area contributed by atoms with E-state index in [0.29, 0.717) is 5.56 Å². The molecule has 1 aromatic heterocycles. The number of alkyl halides is 24. The monoisotopic (exact) mass is 1080 g/mol. The summed E-state index contributed by atoms with van der Waals surface area (Å²) in [6.07, 6.45) is -51.2. The summed E-state index contributed by atoms with van der Waals surface area (Å²) < 4.78 is 355. The smallest absolute Gasteiger partial charge is 0.287 e. The van der Waals surface area contributed by atoms with Crippen LogP contribution >= 0.6 is 0 Å². The van der Waals surface area contributed by atoms with Crippen molar-refractivity contribution < 1.29 is 119 Å². The molecule has 0 radical (unpaired) electrons. The first-order valence-electron chi connectivity index (χ1n) is 19.6. The van der Waals surface area contributed by atoms with E-state index < -0.39 is 195 Å². The van der Waals surface area contributed by atoms with Crippen LogP contribution in [-0.4, -0.2) is 11.9 Å². The molecule has 392 valence electrons. The van der Waals surface area contributed by atoms with Crippen LogP contribution in [0.25, 0.3) is 0 Å². The molecule has 0 N–H and O–H groups in total. The second-order valence-corrected chi connectivity index (χ2v) is 15.7.